The molecule has 4 aliphatic heterocycles. The number of para-hydroxylation sites is 1. The maximum Gasteiger partial charge on any atom is 0.313 e. The quantitative estimate of drug-likeness (QED) is 0.371. The molecule has 0 saturated carbocycles. The van der Waals surface area contributed by atoms with Gasteiger partial charge in [0.2, 0.25) is 11.8 Å². The lowest BCUT2D eigenvalue weighted by atomic mass is 9.74. The summed E-state index contributed by atoms with van der Waals surface area (Å²) in [5.41, 5.74) is -0.0346. The summed E-state index contributed by atoms with van der Waals surface area (Å²) in [5, 5.41) is 21.8. The van der Waals surface area contributed by atoms with Crippen LogP contribution in [0.4, 0.5) is 0 Å². The van der Waals surface area contributed by atoms with Crippen LogP contribution >= 0.6 is 0 Å². The summed E-state index contributed by atoms with van der Waals surface area (Å²) in [7, 11) is 0. The Balaban J connectivity index is 1.44. The van der Waals surface area contributed by atoms with E-state index in [-0.39, 0.29) is 44.6 Å². The SMILES string of the molecule is CC(C)[C@H](CO)N1C(=O)[C@@H]2[C@H]3C(=O)O[C@@H](C)CNC(=O)CC/C=C\CN(Cn4nnc5ccccc54)C(=O)[C@@H]1[C@]21C=C[C@H]3O1. The number of carbonyl (C=O) groups excluding carboxylic acids is 4. The Kier molecular flexibility index (Phi) is 8.01. The number of cyclic esters (lactones) is 1. The number of nitrogens with zero attached hydrogens (tertiary/aromatic N) is 5. The van der Waals surface area contributed by atoms with Crippen LogP contribution in [0, 0.1) is 17.8 Å². The third-order valence-corrected chi connectivity index (χ3v) is 9.10. The minimum atomic E-state index is -1.43. The molecular weight excluding hydrogens is 568 g/mol. The minimum absolute atomic E-state index is 0.0189. The molecule has 1 spiro atoms. The zero-order valence-electron chi connectivity index (χ0n) is 25.0. The van der Waals surface area contributed by atoms with Gasteiger partial charge in [0.1, 0.15) is 35.9 Å². The van der Waals surface area contributed by atoms with Crippen molar-refractivity contribution in [3.63, 3.8) is 0 Å². The van der Waals surface area contributed by atoms with Gasteiger partial charge in [-0.1, -0.05) is 55.5 Å². The van der Waals surface area contributed by atoms with Crippen LogP contribution in [0.3, 0.4) is 0 Å². The molecule has 2 aromatic rings. The Morgan fingerprint density at radius 1 is 1.14 bits per heavy atom. The van der Waals surface area contributed by atoms with Gasteiger partial charge >= 0.3 is 5.97 Å². The van der Waals surface area contributed by atoms with Crippen molar-refractivity contribution in [3.8, 4) is 0 Å². The largest absolute Gasteiger partial charge is 0.460 e. The molecule has 13 heteroatoms. The predicted octanol–water partition coefficient (Wildman–Crippen LogP) is 0.783. The van der Waals surface area contributed by atoms with Crippen molar-refractivity contribution >= 4 is 34.7 Å². The lowest BCUT2D eigenvalue weighted by Crippen LogP contribution is -2.59. The number of rotatable bonds is 5. The average Bonchev–Trinajstić information content (AvgIpc) is 3.74. The second-order valence-corrected chi connectivity index (χ2v) is 12.3. The van der Waals surface area contributed by atoms with Crippen molar-refractivity contribution < 1.29 is 33.8 Å². The smallest absolute Gasteiger partial charge is 0.313 e. The van der Waals surface area contributed by atoms with Gasteiger partial charge in [0.15, 0.2) is 0 Å². The molecule has 5 heterocycles. The van der Waals surface area contributed by atoms with Crippen molar-refractivity contribution in [2.45, 2.75) is 70.2 Å². The molecule has 234 valence electrons. The van der Waals surface area contributed by atoms with Gasteiger partial charge < -0.3 is 29.7 Å². The molecule has 44 heavy (non-hydrogen) atoms. The number of aliphatic hydroxyl groups excluding tert-OH is 1. The van der Waals surface area contributed by atoms with Crippen LogP contribution in [-0.4, -0.2) is 103 Å². The number of aromatic nitrogens is 3. The molecule has 0 unspecified atom stereocenters. The van der Waals surface area contributed by atoms with Crippen molar-refractivity contribution in [2.24, 2.45) is 17.8 Å². The summed E-state index contributed by atoms with van der Waals surface area (Å²) in [6.07, 6.45) is 6.36. The second-order valence-electron chi connectivity index (χ2n) is 12.3. The third-order valence-electron chi connectivity index (χ3n) is 9.10. The lowest BCUT2D eigenvalue weighted by molar-refractivity contribution is -0.160. The van der Waals surface area contributed by atoms with Crippen LogP contribution in [0.5, 0.6) is 0 Å². The molecule has 6 rings (SSSR count). The molecule has 0 radical (unpaired) electrons. The highest BCUT2D eigenvalue weighted by Gasteiger charge is 2.74. The maximum atomic E-state index is 14.8. The van der Waals surface area contributed by atoms with E-state index in [9.17, 15) is 24.3 Å². The molecule has 3 amide bonds. The Labute approximate surface area is 254 Å². The van der Waals surface area contributed by atoms with Crippen molar-refractivity contribution in [1.29, 1.82) is 0 Å². The van der Waals surface area contributed by atoms with Crippen LogP contribution < -0.4 is 5.32 Å². The number of aliphatic hydroxyl groups is 1. The van der Waals surface area contributed by atoms with Gasteiger partial charge in [0, 0.05) is 13.0 Å². The van der Waals surface area contributed by atoms with Crippen LogP contribution in [-0.2, 0) is 35.3 Å². The molecule has 5 bridgehead atoms. The van der Waals surface area contributed by atoms with Crippen molar-refractivity contribution in [3.05, 3.63) is 48.6 Å². The highest BCUT2D eigenvalue weighted by molar-refractivity contribution is 5.99. The van der Waals surface area contributed by atoms with E-state index in [0.29, 0.717) is 11.9 Å². The number of amides is 3. The number of ether oxygens (including phenoxy) is 2. The van der Waals surface area contributed by atoms with Gasteiger partial charge in [-0.25, -0.2) is 4.68 Å². The number of esters is 1. The van der Waals surface area contributed by atoms with Gasteiger partial charge in [0.25, 0.3) is 5.91 Å². The Bertz CT molecular complexity index is 1520. The number of carbonyl (C=O) groups is 4. The monoisotopic (exact) mass is 606 g/mol. The molecular formula is C31H38N6O7. The fraction of sp³-hybridized carbons (Fsp3) is 0.548. The molecule has 2 N–H and O–H groups in total. The highest BCUT2D eigenvalue weighted by Crippen LogP contribution is 2.56. The Morgan fingerprint density at radius 3 is 2.70 bits per heavy atom. The van der Waals surface area contributed by atoms with E-state index in [1.54, 1.807) is 28.7 Å². The van der Waals surface area contributed by atoms with Gasteiger partial charge in [-0.2, -0.15) is 0 Å². The fourth-order valence-corrected chi connectivity index (χ4v) is 6.91. The predicted molar refractivity (Wildman–Crippen MR) is 156 cm³/mol. The van der Waals surface area contributed by atoms with E-state index >= 15 is 0 Å². The lowest BCUT2D eigenvalue weighted by Gasteiger charge is -2.39. The summed E-state index contributed by atoms with van der Waals surface area (Å²) in [6, 6.07) is 5.54. The molecule has 4 aliphatic rings. The topological polar surface area (TPSA) is 156 Å². The number of benzene rings is 1. The third kappa shape index (κ3) is 4.97. The van der Waals surface area contributed by atoms with E-state index in [0.717, 1.165) is 5.52 Å². The molecule has 1 aromatic carbocycles. The average molecular weight is 607 g/mol. The summed E-state index contributed by atoms with van der Waals surface area (Å²) >= 11 is 0. The number of likely N-dealkylation sites (tertiary alicyclic amines) is 1. The van der Waals surface area contributed by atoms with E-state index in [1.165, 1.54) is 4.90 Å². The minimum Gasteiger partial charge on any atom is -0.460 e. The van der Waals surface area contributed by atoms with E-state index in [2.05, 4.69) is 15.6 Å². The first-order valence-electron chi connectivity index (χ1n) is 15.2. The number of nitrogens with one attached hydrogen (secondary N) is 1. The molecule has 7 atom stereocenters. The number of hydrogen-bond acceptors (Lipinski definition) is 9. The van der Waals surface area contributed by atoms with Gasteiger partial charge in [0.05, 0.1) is 36.7 Å². The first kappa shape index (κ1) is 29.9. The highest BCUT2D eigenvalue weighted by atomic mass is 16.6. The summed E-state index contributed by atoms with van der Waals surface area (Å²) < 4.78 is 13.8. The van der Waals surface area contributed by atoms with E-state index in [4.69, 9.17) is 9.47 Å². The standard InChI is InChI=1S/C31H38N6O7/c1-18(2)22(16-38)37-27-29(41)35(17-36-21-10-7-6-9-20(21)33-34-36)14-8-4-5-11-24(39)32-15-19(3)43-30(42)25-23-12-13-31(27,44-23)26(25)28(37)40/h4,6-10,12-13,18-19,22-23,25-27,38H,5,11,14-17H2,1-3H3,(H,32,39)/b8-4-/t19-,22-,23+,25-,26-,27+,31-/m0/s1. The zero-order valence-corrected chi connectivity index (χ0v) is 25.0. The van der Waals surface area contributed by atoms with Crippen molar-refractivity contribution in [2.75, 3.05) is 19.7 Å². The van der Waals surface area contributed by atoms with E-state index in [1.807, 2.05) is 50.3 Å². The molecule has 1 aromatic heterocycles. The summed E-state index contributed by atoms with van der Waals surface area (Å²) in [6.45, 7) is 5.34. The molecule has 2 fully saturated rings. The van der Waals surface area contributed by atoms with Crippen LogP contribution in [0.2, 0.25) is 0 Å². The normalized spacial score (nSPS) is 32.3. The Morgan fingerprint density at radius 2 is 1.93 bits per heavy atom. The van der Waals surface area contributed by atoms with Crippen LogP contribution in [0.1, 0.15) is 33.6 Å². The summed E-state index contributed by atoms with van der Waals surface area (Å²) in [4.78, 5) is 58.2. The van der Waals surface area contributed by atoms with Crippen molar-refractivity contribution in [1.82, 2.24) is 30.1 Å². The zero-order chi connectivity index (χ0) is 31.2. The molecule has 0 aliphatic carbocycles. The van der Waals surface area contributed by atoms with Crippen LogP contribution in [0.15, 0.2) is 48.6 Å². The van der Waals surface area contributed by atoms with Crippen LogP contribution in [0.25, 0.3) is 11.0 Å². The fourth-order valence-electron chi connectivity index (χ4n) is 6.91. The number of hydrogen-bond donors (Lipinski definition) is 2. The summed E-state index contributed by atoms with van der Waals surface area (Å²) in [5.74, 6) is -3.88. The Hall–Kier alpha value is -4.10. The second kappa shape index (κ2) is 11.8. The first-order valence-corrected chi connectivity index (χ1v) is 15.2. The molecule has 13 nitrogen and oxygen atoms in total. The van der Waals surface area contributed by atoms with Gasteiger partial charge in [-0.05, 0) is 31.4 Å². The van der Waals surface area contributed by atoms with Gasteiger partial charge in [-0.15, -0.1) is 5.10 Å². The van der Waals surface area contributed by atoms with E-state index < -0.39 is 59.5 Å². The molecule has 2 saturated heterocycles. The first-order chi connectivity index (χ1) is 21.2. The van der Waals surface area contributed by atoms with Gasteiger partial charge in [-0.3, -0.25) is 19.2 Å². The number of allylic oxidation sites excluding steroid dienone is 1. The number of fused-ring (bicyclic) bond motifs is 3. The maximum absolute atomic E-state index is 14.8.